The van der Waals surface area contributed by atoms with Crippen LogP contribution < -0.4 is 5.32 Å². The van der Waals surface area contributed by atoms with Gasteiger partial charge in [0.1, 0.15) is 0 Å². The van der Waals surface area contributed by atoms with Gasteiger partial charge in [-0.15, -0.1) is 0 Å². The second kappa shape index (κ2) is 5.19. The van der Waals surface area contributed by atoms with Crippen molar-refractivity contribution in [3.8, 4) is 0 Å². The van der Waals surface area contributed by atoms with Crippen molar-refractivity contribution in [2.24, 2.45) is 17.8 Å². The zero-order valence-electron chi connectivity index (χ0n) is 10.4. The molecular weight excluding hydrogens is 337 g/mol. The number of rotatable bonds is 3. The molecule has 18 heavy (non-hydrogen) atoms. The van der Waals surface area contributed by atoms with Gasteiger partial charge in [-0.2, -0.15) is 0 Å². The van der Waals surface area contributed by atoms with Crippen LogP contribution in [0.25, 0.3) is 0 Å². The van der Waals surface area contributed by atoms with Gasteiger partial charge in [-0.1, -0.05) is 18.6 Å². The highest BCUT2D eigenvalue weighted by molar-refractivity contribution is 14.1. The van der Waals surface area contributed by atoms with E-state index in [1.807, 2.05) is 24.3 Å². The van der Waals surface area contributed by atoms with Crippen molar-refractivity contribution < 1.29 is 4.79 Å². The van der Waals surface area contributed by atoms with Crippen LogP contribution in [0, 0.1) is 21.3 Å². The molecule has 2 aliphatic rings. The van der Waals surface area contributed by atoms with Gasteiger partial charge in [0, 0.05) is 9.99 Å². The zero-order valence-corrected chi connectivity index (χ0v) is 12.5. The number of carbonyl (C=O) groups is 1. The molecule has 1 aromatic rings. The number of fused-ring (bicyclic) bond motifs is 2. The van der Waals surface area contributed by atoms with E-state index in [0.29, 0.717) is 12.3 Å². The fraction of sp³-hybridized carbons (Fsp3) is 0.533. The Morgan fingerprint density at radius 2 is 2.11 bits per heavy atom. The van der Waals surface area contributed by atoms with E-state index in [0.717, 1.165) is 21.1 Å². The molecule has 0 saturated heterocycles. The quantitative estimate of drug-likeness (QED) is 0.815. The first-order valence-corrected chi connectivity index (χ1v) is 7.84. The highest BCUT2D eigenvalue weighted by Crippen LogP contribution is 2.49. The van der Waals surface area contributed by atoms with Gasteiger partial charge in [-0.3, -0.25) is 4.79 Å². The summed E-state index contributed by atoms with van der Waals surface area (Å²) in [6.45, 7) is 0. The van der Waals surface area contributed by atoms with E-state index in [-0.39, 0.29) is 5.91 Å². The SMILES string of the molecule is O=C(C[C@@H]1C[C@@H]2CC[C@@H]1C2)Nc1ccccc1I. The standard InChI is InChI=1S/C15H18INO/c16-13-3-1-2-4-14(13)17-15(18)9-12-8-10-5-6-11(12)7-10/h1-4,10-12H,5-9H2,(H,17,18)/t10-,11-,12+/m1/s1. The molecule has 2 bridgehead atoms. The minimum absolute atomic E-state index is 0.191. The van der Waals surface area contributed by atoms with Gasteiger partial charge in [0.15, 0.2) is 0 Å². The van der Waals surface area contributed by atoms with Crippen molar-refractivity contribution in [1.82, 2.24) is 0 Å². The summed E-state index contributed by atoms with van der Waals surface area (Å²) < 4.78 is 1.11. The van der Waals surface area contributed by atoms with Gasteiger partial charge in [0.25, 0.3) is 0 Å². The lowest BCUT2D eigenvalue weighted by Crippen LogP contribution is -2.20. The van der Waals surface area contributed by atoms with Crippen molar-refractivity contribution in [3.05, 3.63) is 27.8 Å². The lowest BCUT2D eigenvalue weighted by Gasteiger charge is -2.21. The van der Waals surface area contributed by atoms with Crippen LogP contribution in [0.3, 0.4) is 0 Å². The van der Waals surface area contributed by atoms with E-state index >= 15 is 0 Å². The molecule has 2 nitrogen and oxygen atoms in total. The Bertz CT molecular complexity index is 460. The molecule has 0 aliphatic heterocycles. The number of nitrogens with one attached hydrogen (secondary N) is 1. The minimum Gasteiger partial charge on any atom is -0.325 e. The van der Waals surface area contributed by atoms with Crippen LogP contribution >= 0.6 is 22.6 Å². The van der Waals surface area contributed by atoms with Crippen LogP contribution in [0.15, 0.2) is 24.3 Å². The molecule has 2 fully saturated rings. The van der Waals surface area contributed by atoms with E-state index in [1.54, 1.807) is 0 Å². The van der Waals surface area contributed by atoms with E-state index < -0.39 is 0 Å². The Kier molecular flexibility index (Phi) is 3.59. The molecule has 96 valence electrons. The predicted molar refractivity (Wildman–Crippen MR) is 81.3 cm³/mol. The molecule has 1 amide bonds. The van der Waals surface area contributed by atoms with Crippen LogP contribution in [0.5, 0.6) is 0 Å². The smallest absolute Gasteiger partial charge is 0.224 e. The summed E-state index contributed by atoms with van der Waals surface area (Å²) in [5.41, 5.74) is 0.950. The van der Waals surface area contributed by atoms with Gasteiger partial charge in [0.05, 0.1) is 5.69 Å². The van der Waals surface area contributed by atoms with Gasteiger partial charge in [-0.05, 0) is 71.7 Å². The predicted octanol–water partition coefficient (Wildman–Crippen LogP) is 4.06. The third-order valence-corrected chi connectivity index (χ3v) is 5.42. The Morgan fingerprint density at radius 1 is 1.28 bits per heavy atom. The lowest BCUT2D eigenvalue weighted by atomic mass is 9.86. The van der Waals surface area contributed by atoms with Gasteiger partial charge in [0.2, 0.25) is 5.91 Å². The van der Waals surface area contributed by atoms with Crippen LogP contribution in [0.4, 0.5) is 5.69 Å². The topological polar surface area (TPSA) is 29.1 Å². The fourth-order valence-corrected chi connectivity index (χ4v) is 4.15. The molecule has 2 saturated carbocycles. The number of benzene rings is 1. The number of hydrogen-bond donors (Lipinski definition) is 1. The first-order valence-electron chi connectivity index (χ1n) is 6.77. The first kappa shape index (κ1) is 12.5. The van der Waals surface area contributed by atoms with Crippen molar-refractivity contribution in [1.29, 1.82) is 0 Å². The maximum atomic E-state index is 12.1. The number of halogens is 1. The zero-order chi connectivity index (χ0) is 12.5. The molecule has 1 N–H and O–H groups in total. The highest BCUT2D eigenvalue weighted by Gasteiger charge is 2.40. The maximum Gasteiger partial charge on any atom is 0.224 e. The van der Waals surface area contributed by atoms with Gasteiger partial charge in [-0.25, -0.2) is 0 Å². The van der Waals surface area contributed by atoms with Crippen molar-refractivity contribution in [3.63, 3.8) is 0 Å². The average molecular weight is 355 g/mol. The largest absolute Gasteiger partial charge is 0.325 e. The first-order chi connectivity index (χ1) is 8.72. The van der Waals surface area contributed by atoms with Crippen LogP contribution in [-0.2, 0) is 4.79 Å². The van der Waals surface area contributed by atoms with Crippen LogP contribution in [-0.4, -0.2) is 5.91 Å². The molecule has 3 atom stereocenters. The Balaban J connectivity index is 1.58. The summed E-state index contributed by atoms with van der Waals surface area (Å²) in [6, 6.07) is 7.96. The molecule has 3 heteroatoms. The third-order valence-electron chi connectivity index (χ3n) is 4.48. The van der Waals surface area contributed by atoms with Crippen molar-refractivity contribution in [2.75, 3.05) is 5.32 Å². The lowest BCUT2D eigenvalue weighted by molar-refractivity contribution is -0.117. The summed E-state index contributed by atoms with van der Waals surface area (Å²) in [6.07, 6.45) is 6.13. The van der Waals surface area contributed by atoms with Crippen LogP contribution in [0.2, 0.25) is 0 Å². The molecule has 0 aromatic heterocycles. The Hall–Kier alpha value is -0.580. The second-order valence-electron chi connectivity index (χ2n) is 5.67. The molecule has 3 rings (SSSR count). The molecule has 0 unspecified atom stereocenters. The molecule has 0 heterocycles. The summed E-state index contributed by atoms with van der Waals surface area (Å²) >= 11 is 2.26. The van der Waals surface area contributed by atoms with Crippen molar-refractivity contribution >= 4 is 34.2 Å². The van der Waals surface area contributed by atoms with E-state index in [4.69, 9.17) is 0 Å². The second-order valence-corrected chi connectivity index (χ2v) is 6.83. The number of anilines is 1. The summed E-state index contributed by atoms with van der Waals surface area (Å²) in [5.74, 6) is 2.59. The number of hydrogen-bond acceptors (Lipinski definition) is 1. The Morgan fingerprint density at radius 3 is 2.78 bits per heavy atom. The van der Waals surface area contributed by atoms with Gasteiger partial charge >= 0.3 is 0 Å². The number of amides is 1. The molecular formula is C15H18INO. The highest BCUT2D eigenvalue weighted by atomic mass is 127. The summed E-state index contributed by atoms with van der Waals surface area (Å²) in [7, 11) is 0. The monoisotopic (exact) mass is 355 g/mol. The molecule has 2 aliphatic carbocycles. The minimum atomic E-state index is 0.191. The molecule has 0 radical (unpaired) electrons. The van der Waals surface area contributed by atoms with Crippen molar-refractivity contribution in [2.45, 2.75) is 32.1 Å². The normalized spacial score (nSPS) is 29.5. The molecule has 1 aromatic carbocycles. The van der Waals surface area contributed by atoms with E-state index in [1.165, 1.54) is 25.7 Å². The maximum absolute atomic E-state index is 12.1. The fourth-order valence-electron chi connectivity index (χ4n) is 3.63. The number of para-hydroxylation sites is 1. The van der Waals surface area contributed by atoms with E-state index in [9.17, 15) is 4.79 Å². The van der Waals surface area contributed by atoms with Gasteiger partial charge < -0.3 is 5.32 Å². The Labute approximate surface area is 122 Å². The molecule has 0 spiro atoms. The summed E-state index contributed by atoms with van der Waals surface area (Å²) in [4.78, 5) is 12.1. The van der Waals surface area contributed by atoms with Crippen LogP contribution in [0.1, 0.15) is 32.1 Å². The van der Waals surface area contributed by atoms with E-state index in [2.05, 4.69) is 27.9 Å². The average Bonchev–Trinajstić information content (AvgIpc) is 2.94. The summed E-state index contributed by atoms with van der Waals surface area (Å²) in [5, 5.41) is 3.05. The third kappa shape index (κ3) is 2.56. The number of carbonyl (C=O) groups excluding carboxylic acids is 1.